The topological polar surface area (TPSA) is 12.0 Å². The van der Waals surface area contributed by atoms with E-state index in [2.05, 4.69) is 38.6 Å². The van der Waals surface area contributed by atoms with Crippen LogP contribution >= 0.6 is 0 Å². The summed E-state index contributed by atoms with van der Waals surface area (Å²) < 4.78 is 0. The van der Waals surface area contributed by atoms with Gasteiger partial charge in [0.15, 0.2) is 8.24 Å². The molecule has 0 aliphatic rings. The minimum absolute atomic E-state index is 0.505. The lowest BCUT2D eigenvalue weighted by molar-refractivity contribution is 0.649. The van der Waals surface area contributed by atoms with Crippen LogP contribution in [0.5, 0.6) is 0 Å². The first-order valence-electron chi connectivity index (χ1n) is 4.32. The molecule has 0 radical (unpaired) electrons. The van der Waals surface area contributed by atoms with Crippen LogP contribution in [0.2, 0.25) is 0 Å². The van der Waals surface area contributed by atoms with Crippen molar-refractivity contribution in [2.75, 3.05) is 0 Å². The second-order valence-corrected chi connectivity index (χ2v) is 6.38. The average Bonchev–Trinajstić information content (AvgIpc) is 2.14. The third-order valence-electron chi connectivity index (χ3n) is 2.12. The second kappa shape index (κ2) is 5.12. The quantitative estimate of drug-likeness (QED) is 0.621. The van der Waals surface area contributed by atoms with E-state index in [1.165, 1.54) is 0 Å². The molecule has 0 aromatic heterocycles. The van der Waals surface area contributed by atoms with E-state index in [0.717, 1.165) is 6.42 Å². The predicted molar refractivity (Wildman–Crippen MR) is 59.2 cm³/mol. The van der Waals surface area contributed by atoms with Gasteiger partial charge in [0.1, 0.15) is 0 Å². The van der Waals surface area contributed by atoms with Crippen LogP contribution in [-0.2, 0) is 0 Å². The lowest BCUT2D eigenvalue weighted by Gasteiger charge is -2.25. The van der Waals surface area contributed by atoms with E-state index in [9.17, 15) is 0 Å². The van der Waals surface area contributed by atoms with E-state index >= 15 is 0 Å². The third kappa shape index (κ3) is 2.79. The molecule has 0 aliphatic heterocycles. The molecule has 1 N–H and O–H groups in total. The Hall–Kier alpha value is -0.603. The fourth-order valence-corrected chi connectivity index (χ4v) is 2.87. The van der Waals surface area contributed by atoms with Crippen molar-refractivity contribution in [3.8, 4) is 0 Å². The van der Waals surface area contributed by atoms with Gasteiger partial charge in [-0.15, -0.1) is 19.7 Å². The Labute approximate surface area is 77.0 Å². The van der Waals surface area contributed by atoms with E-state index in [-0.39, 0.29) is 0 Å². The molecule has 0 saturated heterocycles. The van der Waals surface area contributed by atoms with Gasteiger partial charge in [0.05, 0.1) is 0 Å². The number of hydrogen-bond acceptors (Lipinski definition) is 1. The van der Waals surface area contributed by atoms with Crippen molar-refractivity contribution >= 4 is 8.24 Å². The van der Waals surface area contributed by atoms with Gasteiger partial charge >= 0.3 is 0 Å². The molecule has 0 fully saturated rings. The van der Waals surface area contributed by atoms with Crippen molar-refractivity contribution in [2.45, 2.75) is 26.3 Å². The zero-order valence-electron chi connectivity index (χ0n) is 8.14. The summed E-state index contributed by atoms with van der Waals surface area (Å²) in [5, 5.41) is 0. The highest BCUT2D eigenvalue weighted by Crippen LogP contribution is 2.05. The number of rotatable bonds is 6. The van der Waals surface area contributed by atoms with Gasteiger partial charge in [-0.3, -0.25) is 0 Å². The Balaban J connectivity index is 4.39. The predicted octanol–water partition coefficient (Wildman–Crippen LogP) is 2.50. The molecule has 0 aromatic rings. The van der Waals surface area contributed by atoms with Crippen LogP contribution in [0.25, 0.3) is 0 Å². The number of hydrogen-bond donors (Lipinski definition) is 1. The average molecular weight is 181 g/mol. The van der Waals surface area contributed by atoms with Crippen LogP contribution in [0, 0.1) is 0 Å². The lowest BCUT2D eigenvalue weighted by Crippen LogP contribution is -2.50. The molecule has 1 atom stereocenters. The Bertz CT molecular complexity index is 153. The molecule has 68 valence electrons. The van der Waals surface area contributed by atoms with Crippen LogP contribution in [0.4, 0.5) is 0 Å². The summed E-state index contributed by atoms with van der Waals surface area (Å²) in [5.74, 6) is 0. The monoisotopic (exact) mass is 181 g/mol. The summed E-state index contributed by atoms with van der Waals surface area (Å²) in [6.07, 6.45) is 1.12. The van der Waals surface area contributed by atoms with Gasteiger partial charge in [-0.05, 0) is 12.5 Å². The number of nitrogens with one attached hydrogen (secondary N) is 1. The minimum Gasteiger partial charge on any atom is -0.325 e. The summed E-state index contributed by atoms with van der Waals surface area (Å²) in [5.41, 5.74) is 5.87. The minimum atomic E-state index is -1.76. The summed E-state index contributed by atoms with van der Waals surface area (Å²) in [6.45, 7) is 15.8. The summed E-state index contributed by atoms with van der Waals surface area (Å²) in [4.78, 5) is 3.51. The van der Waals surface area contributed by atoms with Crippen LogP contribution < -0.4 is 4.98 Å². The van der Waals surface area contributed by atoms with Gasteiger partial charge in [0, 0.05) is 0 Å². The van der Waals surface area contributed by atoms with Crippen molar-refractivity contribution in [3.63, 3.8) is 0 Å². The van der Waals surface area contributed by atoms with Crippen LogP contribution in [-0.4, -0.2) is 14.3 Å². The highest BCUT2D eigenvalue weighted by molar-refractivity contribution is 6.90. The van der Waals surface area contributed by atoms with Crippen LogP contribution in [0.3, 0.4) is 0 Å². The molecule has 0 heterocycles. The molecule has 0 saturated carbocycles. The van der Waals surface area contributed by atoms with Gasteiger partial charge < -0.3 is 4.98 Å². The third-order valence-corrected chi connectivity index (χ3v) is 5.14. The van der Waals surface area contributed by atoms with Gasteiger partial charge in [-0.25, -0.2) is 0 Å². The van der Waals surface area contributed by atoms with Gasteiger partial charge in [-0.2, -0.15) is 0 Å². The summed E-state index contributed by atoms with van der Waals surface area (Å²) >= 11 is 0. The maximum Gasteiger partial charge on any atom is 0.198 e. The molecule has 0 spiro atoms. The first-order chi connectivity index (χ1) is 5.64. The molecule has 0 amide bonds. The van der Waals surface area contributed by atoms with E-state index in [4.69, 9.17) is 0 Å². The van der Waals surface area contributed by atoms with E-state index in [1.54, 1.807) is 0 Å². The fraction of sp³-hybridized carbons (Fsp3) is 0.400. The summed E-state index contributed by atoms with van der Waals surface area (Å²) in [6, 6.07) is 0.505. The Morgan fingerprint density at radius 1 is 1.25 bits per heavy atom. The van der Waals surface area contributed by atoms with E-state index in [1.807, 2.05) is 17.1 Å². The first-order valence-corrected chi connectivity index (χ1v) is 6.55. The molecule has 0 aromatic carbocycles. The Kier molecular flexibility index (Phi) is 4.86. The van der Waals surface area contributed by atoms with Crippen molar-refractivity contribution < 1.29 is 0 Å². The molecule has 12 heavy (non-hydrogen) atoms. The standard InChI is InChI=1S/C10H19NSi/c1-6-10(5)11-12(7-2,8-3)9-4/h7-11H,2-4,6H2,1,5H3. The van der Waals surface area contributed by atoms with Crippen molar-refractivity contribution in [3.05, 3.63) is 36.8 Å². The van der Waals surface area contributed by atoms with Crippen LogP contribution in [0.1, 0.15) is 20.3 Å². The van der Waals surface area contributed by atoms with E-state index in [0.29, 0.717) is 6.04 Å². The van der Waals surface area contributed by atoms with Gasteiger partial charge in [0.25, 0.3) is 0 Å². The largest absolute Gasteiger partial charge is 0.325 e. The van der Waals surface area contributed by atoms with Crippen LogP contribution in [0.15, 0.2) is 36.8 Å². The normalized spacial score (nSPS) is 13.5. The fourth-order valence-electron chi connectivity index (χ4n) is 0.956. The van der Waals surface area contributed by atoms with Crippen molar-refractivity contribution in [1.82, 2.24) is 4.98 Å². The smallest absolute Gasteiger partial charge is 0.198 e. The molecule has 1 nitrogen and oxygen atoms in total. The summed E-state index contributed by atoms with van der Waals surface area (Å²) in [7, 11) is -1.76. The Morgan fingerprint density at radius 2 is 1.67 bits per heavy atom. The van der Waals surface area contributed by atoms with Gasteiger partial charge in [-0.1, -0.05) is 30.9 Å². The maximum absolute atomic E-state index is 3.82. The molecule has 0 rings (SSSR count). The molecule has 0 aliphatic carbocycles. The SMILES string of the molecule is C=C[Si](C=C)(C=C)NC(C)CC. The Morgan fingerprint density at radius 3 is 1.92 bits per heavy atom. The second-order valence-electron chi connectivity index (χ2n) is 3.00. The van der Waals surface area contributed by atoms with Crippen molar-refractivity contribution in [2.24, 2.45) is 0 Å². The zero-order valence-corrected chi connectivity index (χ0v) is 9.14. The lowest BCUT2D eigenvalue weighted by atomic mass is 10.3. The van der Waals surface area contributed by atoms with E-state index < -0.39 is 8.24 Å². The molecule has 2 heteroatoms. The molecular formula is C10H19NSi. The zero-order chi connectivity index (χ0) is 9.61. The van der Waals surface area contributed by atoms with Crippen molar-refractivity contribution in [1.29, 1.82) is 0 Å². The molecule has 1 unspecified atom stereocenters. The first kappa shape index (κ1) is 11.4. The highest BCUT2D eigenvalue weighted by Gasteiger charge is 2.22. The van der Waals surface area contributed by atoms with Gasteiger partial charge in [0.2, 0.25) is 0 Å². The molecule has 0 bridgehead atoms. The molecular weight excluding hydrogens is 162 g/mol. The highest BCUT2D eigenvalue weighted by atomic mass is 28.3. The maximum atomic E-state index is 3.82.